The molecule has 0 radical (unpaired) electrons. The van der Waals surface area contributed by atoms with Crippen molar-refractivity contribution in [2.24, 2.45) is 11.7 Å². The molecule has 0 aromatic rings. The van der Waals surface area contributed by atoms with E-state index in [2.05, 4.69) is 10.6 Å². The lowest BCUT2D eigenvalue weighted by Crippen LogP contribution is -2.53. The maximum atomic E-state index is 12.3. The van der Waals surface area contributed by atoms with E-state index in [1.165, 1.54) is 11.8 Å². The summed E-state index contributed by atoms with van der Waals surface area (Å²) < 4.78 is 0. The van der Waals surface area contributed by atoms with Gasteiger partial charge >= 0.3 is 5.97 Å². The summed E-state index contributed by atoms with van der Waals surface area (Å²) in [6.07, 6.45) is 0.614. The molecule has 5 N–H and O–H groups in total. The number of carbonyl (C=O) groups is 4. The molecule has 0 aliphatic heterocycles. The van der Waals surface area contributed by atoms with Gasteiger partial charge in [0.15, 0.2) is 0 Å². The van der Waals surface area contributed by atoms with Crippen LogP contribution < -0.4 is 16.4 Å². The number of nitrogens with two attached hydrogens (primary N) is 1. The van der Waals surface area contributed by atoms with Crippen molar-refractivity contribution in [3.05, 3.63) is 0 Å². The van der Waals surface area contributed by atoms with Crippen LogP contribution in [0.2, 0.25) is 0 Å². The average molecular weight is 344 g/mol. The van der Waals surface area contributed by atoms with Crippen LogP contribution in [0.5, 0.6) is 0 Å². The summed E-state index contributed by atoms with van der Waals surface area (Å²) in [6, 6.07) is -1.84. The Balaban J connectivity index is 4.87. The Morgan fingerprint density at radius 3 is 2.08 bits per heavy atom. The molecule has 0 saturated carbocycles. The third kappa shape index (κ3) is 7.40. The van der Waals surface area contributed by atoms with Crippen LogP contribution in [0, 0.1) is 5.92 Å². The fraction of sp³-hybridized carbons (Fsp3) is 0.733. The van der Waals surface area contributed by atoms with Crippen LogP contribution in [0.3, 0.4) is 0 Å². The molecule has 0 heterocycles. The van der Waals surface area contributed by atoms with E-state index in [0.29, 0.717) is 13.0 Å². The predicted octanol–water partition coefficient (Wildman–Crippen LogP) is -1.09. The molecule has 2 unspecified atom stereocenters. The van der Waals surface area contributed by atoms with E-state index < -0.39 is 35.8 Å². The Kier molecular flexibility index (Phi) is 9.63. The molecule has 9 nitrogen and oxygen atoms in total. The summed E-state index contributed by atoms with van der Waals surface area (Å²) in [5, 5.41) is 13.9. The molecule has 0 aliphatic carbocycles. The lowest BCUT2D eigenvalue weighted by molar-refractivity contribution is -0.144. The van der Waals surface area contributed by atoms with E-state index in [-0.39, 0.29) is 19.0 Å². The summed E-state index contributed by atoms with van der Waals surface area (Å²) in [7, 11) is 0. The smallest absolute Gasteiger partial charge is 0.326 e. The van der Waals surface area contributed by atoms with Gasteiger partial charge in [-0.05, 0) is 19.3 Å². The van der Waals surface area contributed by atoms with Crippen molar-refractivity contribution in [1.29, 1.82) is 0 Å². The highest BCUT2D eigenvalue weighted by Crippen LogP contribution is 2.03. The number of rotatable bonds is 10. The molecule has 0 aliphatic rings. The number of carboxylic acid groups (broad SMARTS) is 1. The minimum absolute atomic E-state index is 0.236. The topological polar surface area (TPSA) is 142 Å². The molecule has 2 atom stereocenters. The first-order valence-corrected chi connectivity index (χ1v) is 7.94. The second-order valence-electron chi connectivity index (χ2n) is 5.88. The van der Waals surface area contributed by atoms with Gasteiger partial charge in [-0.3, -0.25) is 14.4 Å². The van der Waals surface area contributed by atoms with E-state index in [1.54, 1.807) is 13.8 Å². The summed E-state index contributed by atoms with van der Waals surface area (Å²) in [5.74, 6) is -2.87. The van der Waals surface area contributed by atoms with Crippen molar-refractivity contribution >= 4 is 23.7 Å². The van der Waals surface area contributed by atoms with E-state index in [9.17, 15) is 19.2 Å². The molecule has 138 valence electrons. The molecule has 24 heavy (non-hydrogen) atoms. The molecule has 0 fully saturated rings. The van der Waals surface area contributed by atoms with Crippen molar-refractivity contribution in [3.8, 4) is 0 Å². The molecule has 3 amide bonds. The zero-order valence-corrected chi connectivity index (χ0v) is 14.7. The SMILES string of the molecule is CCCN(CC(=O)NC(C(=O)O)C(C)C)C(=O)C(C)NC(=O)CN. The normalized spacial score (nSPS) is 13.1. The molecule has 0 rings (SSSR count). The highest BCUT2D eigenvalue weighted by molar-refractivity contribution is 5.91. The number of aliphatic carboxylic acids is 1. The van der Waals surface area contributed by atoms with Gasteiger partial charge in [-0.15, -0.1) is 0 Å². The quantitative estimate of drug-likeness (QED) is 0.397. The second kappa shape index (κ2) is 10.6. The molecular weight excluding hydrogens is 316 g/mol. The third-order valence-electron chi connectivity index (χ3n) is 3.32. The predicted molar refractivity (Wildman–Crippen MR) is 87.9 cm³/mol. The zero-order chi connectivity index (χ0) is 18.9. The van der Waals surface area contributed by atoms with Crippen LogP contribution in [0.4, 0.5) is 0 Å². The van der Waals surface area contributed by atoms with E-state index in [0.717, 1.165) is 0 Å². The van der Waals surface area contributed by atoms with Crippen molar-refractivity contribution in [2.75, 3.05) is 19.6 Å². The van der Waals surface area contributed by atoms with Crippen LogP contribution in [0.1, 0.15) is 34.1 Å². The summed E-state index contributed by atoms with van der Waals surface area (Å²) >= 11 is 0. The van der Waals surface area contributed by atoms with Gasteiger partial charge in [-0.2, -0.15) is 0 Å². The summed E-state index contributed by atoms with van der Waals surface area (Å²) in [6.45, 7) is 6.51. The molecule has 0 aromatic heterocycles. The van der Waals surface area contributed by atoms with Crippen LogP contribution in [0.15, 0.2) is 0 Å². The fourth-order valence-corrected chi connectivity index (χ4v) is 2.08. The van der Waals surface area contributed by atoms with E-state index >= 15 is 0 Å². The van der Waals surface area contributed by atoms with Gasteiger partial charge in [0.05, 0.1) is 13.1 Å². The Morgan fingerprint density at radius 2 is 1.67 bits per heavy atom. The monoisotopic (exact) mass is 344 g/mol. The minimum Gasteiger partial charge on any atom is -0.480 e. The lowest BCUT2D eigenvalue weighted by Gasteiger charge is -2.26. The first kappa shape index (κ1) is 21.8. The first-order chi connectivity index (χ1) is 11.1. The summed E-state index contributed by atoms with van der Waals surface area (Å²) in [4.78, 5) is 48.1. The molecule has 0 saturated heterocycles. The average Bonchev–Trinajstić information content (AvgIpc) is 2.50. The molecule has 0 bridgehead atoms. The van der Waals surface area contributed by atoms with Crippen molar-refractivity contribution < 1.29 is 24.3 Å². The van der Waals surface area contributed by atoms with Gasteiger partial charge in [-0.25, -0.2) is 4.79 Å². The highest BCUT2D eigenvalue weighted by Gasteiger charge is 2.27. The Bertz CT molecular complexity index is 467. The van der Waals surface area contributed by atoms with E-state index in [1.807, 2.05) is 6.92 Å². The Labute approximate surface area is 141 Å². The molecule has 0 spiro atoms. The van der Waals surface area contributed by atoms with Crippen LogP contribution in [-0.2, 0) is 19.2 Å². The maximum absolute atomic E-state index is 12.3. The molecular formula is C15H28N4O5. The fourth-order valence-electron chi connectivity index (χ4n) is 2.08. The Morgan fingerprint density at radius 1 is 1.08 bits per heavy atom. The number of amides is 3. The number of hydrogen-bond acceptors (Lipinski definition) is 5. The van der Waals surface area contributed by atoms with E-state index in [4.69, 9.17) is 10.8 Å². The lowest BCUT2D eigenvalue weighted by atomic mass is 10.0. The number of hydrogen-bond donors (Lipinski definition) is 4. The minimum atomic E-state index is -1.13. The van der Waals surface area contributed by atoms with Crippen molar-refractivity contribution in [3.63, 3.8) is 0 Å². The second-order valence-corrected chi connectivity index (χ2v) is 5.88. The van der Waals surface area contributed by atoms with Gasteiger partial charge in [0.2, 0.25) is 17.7 Å². The first-order valence-electron chi connectivity index (χ1n) is 7.94. The van der Waals surface area contributed by atoms with Crippen molar-refractivity contribution in [2.45, 2.75) is 46.2 Å². The maximum Gasteiger partial charge on any atom is 0.326 e. The van der Waals surface area contributed by atoms with Gasteiger partial charge in [-0.1, -0.05) is 20.8 Å². The number of nitrogens with one attached hydrogen (secondary N) is 2. The van der Waals surface area contributed by atoms with Gasteiger partial charge < -0.3 is 26.4 Å². The molecule has 0 aromatic carbocycles. The standard InChI is InChI=1S/C15H28N4O5/c1-5-6-19(14(22)10(4)17-11(20)7-16)8-12(21)18-13(9(2)3)15(23)24/h9-10,13H,5-8,16H2,1-4H3,(H,17,20)(H,18,21)(H,23,24). The highest BCUT2D eigenvalue weighted by atomic mass is 16.4. The van der Waals surface area contributed by atoms with Gasteiger partial charge in [0.1, 0.15) is 12.1 Å². The van der Waals surface area contributed by atoms with Gasteiger partial charge in [0, 0.05) is 6.54 Å². The number of carbonyl (C=O) groups excluding carboxylic acids is 3. The summed E-state index contributed by atoms with van der Waals surface area (Å²) in [5.41, 5.74) is 5.19. The number of carboxylic acids is 1. The van der Waals surface area contributed by atoms with Gasteiger partial charge in [0.25, 0.3) is 0 Å². The molecule has 9 heteroatoms. The van der Waals surface area contributed by atoms with Crippen LogP contribution in [0.25, 0.3) is 0 Å². The number of nitrogens with zero attached hydrogens (tertiary/aromatic N) is 1. The van der Waals surface area contributed by atoms with Crippen LogP contribution >= 0.6 is 0 Å². The van der Waals surface area contributed by atoms with Crippen molar-refractivity contribution in [1.82, 2.24) is 15.5 Å². The largest absolute Gasteiger partial charge is 0.480 e. The Hall–Kier alpha value is -2.16. The van der Waals surface area contributed by atoms with Crippen LogP contribution in [-0.4, -0.2) is 65.4 Å². The zero-order valence-electron chi connectivity index (χ0n) is 14.7. The third-order valence-corrected chi connectivity index (χ3v) is 3.32.